The van der Waals surface area contributed by atoms with Crippen molar-refractivity contribution in [3.8, 4) is 0 Å². The zero-order chi connectivity index (χ0) is 18.6. The lowest BCUT2D eigenvalue weighted by molar-refractivity contribution is -0.129. The Morgan fingerprint density at radius 2 is 2.07 bits per heavy atom. The van der Waals surface area contributed by atoms with Crippen LogP contribution in [-0.4, -0.2) is 42.6 Å². The van der Waals surface area contributed by atoms with Crippen molar-refractivity contribution in [2.24, 2.45) is 0 Å². The number of rotatable bonds is 5. The average Bonchev–Trinajstić information content (AvgIpc) is 3.22. The van der Waals surface area contributed by atoms with Gasteiger partial charge in [-0.3, -0.25) is 9.69 Å². The maximum Gasteiger partial charge on any atom is 0.234 e. The van der Waals surface area contributed by atoms with Gasteiger partial charge in [-0.2, -0.15) is 0 Å². The second kappa shape index (κ2) is 8.50. The number of carbonyl (C=O) groups is 1. The number of fused-ring (bicyclic) bond motifs is 1. The van der Waals surface area contributed by atoms with Crippen molar-refractivity contribution in [3.05, 3.63) is 58.0 Å². The van der Waals surface area contributed by atoms with Gasteiger partial charge in [-0.25, -0.2) is 4.39 Å². The first-order valence-electron chi connectivity index (χ1n) is 9.64. The highest BCUT2D eigenvalue weighted by molar-refractivity contribution is 7.10. The molecule has 2 aromatic rings. The fourth-order valence-corrected chi connectivity index (χ4v) is 5.00. The molecule has 4 rings (SSSR count). The number of benzene rings is 1. The maximum atomic E-state index is 13.3. The summed E-state index contributed by atoms with van der Waals surface area (Å²) in [6, 6.07) is 10.4. The first kappa shape index (κ1) is 18.6. The molecule has 1 saturated heterocycles. The zero-order valence-electron chi connectivity index (χ0n) is 15.3. The maximum absolute atomic E-state index is 13.3. The summed E-state index contributed by atoms with van der Waals surface area (Å²) < 4.78 is 19.2. The Balaban J connectivity index is 1.46. The molecule has 27 heavy (non-hydrogen) atoms. The second-order valence-corrected chi connectivity index (χ2v) is 8.28. The minimum atomic E-state index is -0.272. The first-order chi connectivity index (χ1) is 13.2. The summed E-state index contributed by atoms with van der Waals surface area (Å²) in [5.74, 6) is -0.268. The van der Waals surface area contributed by atoms with Crippen LogP contribution in [0.25, 0.3) is 0 Å². The van der Waals surface area contributed by atoms with Crippen molar-refractivity contribution in [2.45, 2.75) is 43.9 Å². The lowest BCUT2D eigenvalue weighted by Crippen LogP contribution is -2.55. The molecule has 2 heterocycles. The van der Waals surface area contributed by atoms with E-state index in [4.69, 9.17) is 4.74 Å². The van der Waals surface area contributed by atoms with Gasteiger partial charge < -0.3 is 10.1 Å². The van der Waals surface area contributed by atoms with Crippen LogP contribution in [0, 0.1) is 5.82 Å². The minimum absolute atomic E-state index is 0.00366. The van der Waals surface area contributed by atoms with Gasteiger partial charge in [0.2, 0.25) is 5.91 Å². The Morgan fingerprint density at radius 1 is 1.26 bits per heavy atom. The molecule has 0 radical (unpaired) electrons. The van der Waals surface area contributed by atoms with Crippen LogP contribution in [0.5, 0.6) is 0 Å². The first-order valence-corrected chi connectivity index (χ1v) is 10.5. The van der Waals surface area contributed by atoms with Crippen LogP contribution in [0.15, 0.2) is 41.8 Å². The van der Waals surface area contributed by atoms with Crippen molar-refractivity contribution >= 4 is 17.2 Å². The molecule has 3 unspecified atom stereocenters. The summed E-state index contributed by atoms with van der Waals surface area (Å²) in [6.45, 7) is 1.88. The van der Waals surface area contributed by atoms with E-state index in [0.29, 0.717) is 19.2 Å². The Bertz CT molecular complexity index is 748. The van der Waals surface area contributed by atoms with Crippen molar-refractivity contribution in [1.82, 2.24) is 10.2 Å². The van der Waals surface area contributed by atoms with Crippen molar-refractivity contribution in [1.29, 1.82) is 0 Å². The van der Waals surface area contributed by atoms with Crippen LogP contribution >= 0.6 is 11.3 Å². The van der Waals surface area contributed by atoms with Crippen molar-refractivity contribution in [2.75, 3.05) is 19.7 Å². The van der Waals surface area contributed by atoms with Gasteiger partial charge in [-0.15, -0.1) is 11.3 Å². The van der Waals surface area contributed by atoms with Crippen LogP contribution in [0.2, 0.25) is 0 Å². The lowest BCUT2D eigenvalue weighted by Gasteiger charge is -2.43. The van der Waals surface area contributed by atoms with E-state index in [1.165, 1.54) is 25.0 Å². The van der Waals surface area contributed by atoms with Crippen molar-refractivity contribution in [3.63, 3.8) is 0 Å². The fraction of sp³-hybridized carbons (Fsp3) is 0.476. The van der Waals surface area contributed by atoms with Gasteiger partial charge in [0.15, 0.2) is 0 Å². The summed E-state index contributed by atoms with van der Waals surface area (Å²) >= 11 is 1.59. The van der Waals surface area contributed by atoms with Crippen LogP contribution in [0.4, 0.5) is 4.39 Å². The van der Waals surface area contributed by atoms with Gasteiger partial charge in [-0.1, -0.05) is 31.0 Å². The van der Waals surface area contributed by atoms with E-state index in [1.807, 2.05) is 17.5 Å². The molecule has 3 atom stereocenters. The molecule has 144 valence electrons. The van der Waals surface area contributed by atoms with E-state index in [0.717, 1.165) is 29.8 Å². The topological polar surface area (TPSA) is 41.6 Å². The number of ether oxygens (including phenoxy) is 1. The number of thiophene rings is 1. The molecule has 2 aliphatic rings. The van der Waals surface area contributed by atoms with E-state index in [9.17, 15) is 9.18 Å². The van der Waals surface area contributed by atoms with E-state index in [1.54, 1.807) is 23.5 Å². The molecule has 1 aromatic carbocycles. The average molecular weight is 389 g/mol. The predicted molar refractivity (Wildman–Crippen MR) is 104 cm³/mol. The number of morpholine rings is 1. The van der Waals surface area contributed by atoms with Gasteiger partial charge in [0.1, 0.15) is 5.82 Å². The van der Waals surface area contributed by atoms with E-state index >= 15 is 0 Å². The molecule has 1 saturated carbocycles. The summed E-state index contributed by atoms with van der Waals surface area (Å²) in [6.07, 6.45) is 4.88. The summed E-state index contributed by atoms with van der Waals surface area (Å²) in [5, 5.41) is 5.16. The number of nitrogens with one attached hydrogen (secondary N) is 1. The summed E-state index contributed by atoms with van der Waals surface area (Å²) in [7, 11) is 0. The standard InChI is InChI=1S/C21H25FN2O2S/c22-16-9-7-15(8-10-16)21(19-6-3-13-27-19)23-20(25)14-24-11-12-26-18-5-2-1-4-17(18)24/h3,6-10,13,17-18,21H,1-2,4-5,11-12,14H2,(H,23,25). The van der Waals surface area contributed by atoms with Gasteiger partial charge in [0.05, 0.1) is 25.3 Å². The normalized spacial score (nSPS) is 24.2. The Hall–Kier alpha value is -1.76. The molecule has 2 fully saturated rings. The number of amides is 1. The molecule has 1 aliphatic carbocycles. The number of hydrogen-bond acceptors (Lipinski definition) is 4. The molecule has 0 spiro atoms. The number of carbonyl (C=O) groups excluding carboxylic acids is 1. The zero-order valence-corrected chi connectivity index (χ0v) is 16.1. The molecular formula is C21H25FN2O2S. The van der Waals surface area contributed by atoms with Crippen LogP contribution < -0.4 is 5.32 Å². The van der Waals surface area contributed by atoms with E-state index in [-0.39, 0.29) is 23.9 Å². The van der Waals surface area contributed by atoms with Crippen LogP contribution in [0.1, 0.15) is 42.2 Å². The number of halogens is 1. The number of nitrogens with zero attached hydrogens (tertiary/aromatic N) is 1. The molecule has 1 aromatic heterocycles. The molecule has 4 nitrogen and oxygen atoms in total. The third kappa shape index (κ3) is 4.39. The van der Waals surface area contributed by atoms with Gasteiger partial charge >= 0.3 is 0 Å². The van der Waals surface area contributed by atoms with Crippen molar-refractivity contribution < 1.29 is 13.9 Å². The second-order valence-electron chi connectivity index (χ2n) is 7.30. The number of hydrogen-bond donors (Lipinski definition) is 1. The Morgan fingerprint density at radius 3 is 2.85 bits per heavy atom. The summed E-state index contributed by atoms with van der Waals surface area (Å²) in [4.78, 5) is 16.2. The van der Waals surface area contributed by atoms with Crippen LogP contribution in [0.3, 0.4) is 0 Å². The Labute approximate surface area is 163 Å². The van der Waals surface area contributed by atoms with E-state index < -0.39 is 0 Å². The lowest BCUT2D eigenvalue weighted by atomic mass is 9.90. The minimum Gasteiger partial charge on any atom is -0.375 e. The Kier molecular flexibility index (Phi) is 5.86. The molecule has 1 aliphatic heterocycles. The van der Waals surface area contributed by atoms with E-state index in [2.05, 4.69) is 10.2 Å². The highest BCUT2D eigenvalue weighted by atomic mass is 32.1. The third-order valence-corrected chi connectivity index (χ3v) is 6.47. The molecule has 1 N–H and O–H groups in total. The van der Waals surface area contributed by atoms with Gasteiger partial charge in [0.25, 0.3) is 0 Å². The smallest absolute Gasteiger partial charge is 0.234 e. The summed E-state index contributed by atoms with van der Waals surface area (Å²) in [5.41, 5.74) is 0.893. The predicted octanol–water partition coefficient (Wildman–Crippen LogP) is 3.74. The SMILES string of the molecule is O=C(CN1CCOC2CCCCC21)NC(c1ccc(F)cc1)c1cccs1. The molecule has 1 amide bonds. The monoisotopic (exact) mass is 388 g/mol. The highest BCUT2D eigenvalue weighted by Crippen LogP contribution is 2.29. The molecular weight excluding hydrogens is 363 g/mol. The largest absolute Gasteiger partial charge is 0.375 e. The van der Waals surface area contributed by atoms with Gasteiger partial charge in [-0.05, 0) is 42.0 Å². The molecule has 6 heteroatoms. The van der Waals surface area contributed by atoms with Crippen LogP contribution in [-0.2, 0) is 9.53 Å². The fourth-order valence-electron chi connectivity index (χ4n) is 4.19. The quantitative estimate of drug-likeness (QED) is 0.849. The third-order valence-electron chi connectivity index (χ3n) is 5.53. The van der Waals surface area contributed by atoms with Gasteiger partial charge in [0, 0.05) is 17.5 Å². The molecule has 0 bridgehead atoms. The highest BCUT2D eigenvalue weighted by Gasteiger charge is 2.35.